The maximum Gasteiger partial charge on any atom is 0.231 e. The third-order valence-electron chi connectivity index (χ3n) is 3.90. The fourth-order valence-electron chi connectivity index (χ4n) is 2.96. The van der Waals surface area contributed by atoms with Crippen LogP contribution in [0, 0.1) is 5.41 Å². The number of ether oxygens (including phenoxy) is 2. The van der Waals surface area contributed by atoms with Crippen molar-refractivity contribution in [2.45, 2.75) is 27.2 Å². The minimum atomic E-state index is 0. The highest BCUT2D eigenvalue weighted by atomic mass is 127. The van der Waals surface area contributed by atoms with Gasteiger partial charge in [0.15, 0.2) is 17.5 Å². The first-order valence-electron chi connectivity index (χ1n) is 8.95. The van der Waals surface area contributed by atoms with E-state index in [0.29, 0.717) is 6.79 Å². The van der Waals surface area contributed by atoms with Gasteiger partial charge in [-0.25, -0.2) is 0 Å². The molecule has 148 valence electrons. The first-order chi connectivity index (χ1) is 11.9. The van der Waals surface area contributed by atoms with Crippen molar-refractivity contribution in [1.82, 2.24) is 15.5 Å². The summed E-state index contributed by atoms with van der Waals surface area (Å²) in [7, 11) is 4.20. The first kappa shape index (κ1) is 22.8. The van der Waals surface area contributed by atoms with Crippen molar-refractivity contribution in [2.75, 3.05) is 47.1 Å². The summed E-state index contributed by atoms with van der Waals surface area (Å²) in [6, 6.07) is 6.11. The minimum Gasteiger partial charge on any atom is -0.454 e. The van der Waals surface area contributed by atoms with Gasteiger partial charge in [0, 0.05) is 26.2 Å². The van der Waals surface area contributed by atoms with E-state index in [1.807, 2.05) is 12.1 Å². The lowest BCUT2D eigenvalue weighted by molar-refractivity contribution is 0.174. The molecular weight excluding hydrogens is 443 g/mol. The van der Waals surface area contributed by atoms with Gasteiger partial charge in [-0.3, -0.25) is 4.99 Å². The molecule has 1 aromatic rings. The summed E-state index contributed by atoms with van der Waals surface area (Å²) in [5.41, 5.74) is 1.36. The van der Waals surface area contributed by atoms with E-state index in [2.05, 4.69) is 56.5 Å². The molecule has 0 bridgehead atoms. The zero-order valence-electron chi connectivity index (χ0n) is 16.6. The maximum atomic E-state index is 5.43. The summed E-state index contributed by atoms with van der Waals surface area (Å²) in [5.74, 6) is 2.54. The summed E-state index contributed by atoms with van der Waals surface area (Å²) in [6.45, 7) is 10.3. The van der Waals surface area contributed by atoms with Crippen molar-refractivity contribution in [3.63, 3.8) is 0 Å². The van der Waals surface area contributed by atoms with Gasteiger partial charge in [-0.2, -0.15) is 0 Å². The molecule has 0 saturated carbocycles. The van der Waals surface area contributed by atoms with E-state index in [0.717, 1.165) is 50.1 Å². The van der Waals surface area contributed by atoms with Crippen LogP contribution >= 0.6 is 24.0 Å². The van der Waals surface area contributed by atoms with E-state index in [-0.39, 0.29) is 29.4 Å². The van der Waals surface area contributed by atoms with Crippen molar-refractivity contribution in [2.24, 2.45) is 10.4 Å². The average molecular weight is 476 g/mol. The van der Waals surface area contributed by atoms with E-state index < -0.39 is 0 Å². The van der Waals surface area contributed by atoms with Crippen LogP contribution in [0.15, 0.2) is 23.2 Å². The van der Waals surface area contributed by atoms with Crippen molar-refractivity contribution >= 4 is 29.9 Å². The van der Waals surface area contributed by atoms with Crippen LogP contribution in [0.5, 0.6) is 11.5 Å². The summed E-state index contributed by atoms with van der Waals surface area (Å²) < 4.78 is 10.8. The molecule has 0 aliphatic carbocycles. The number of rotatable bonds is 8. The van der Waals surface area contributed by atoms with Crippen LogP contribution in [-0.4, -0.2) is 57.9 Å². The number of fused-ring (bicyclic) bond motifs is 1. The van der Waals surface area contributed by atoms with Crippen LogP contribution in [0.3, 0.4) is 0 Å². The Morgan fingerprint density at radius 3 is 2.62 bits per heavy atom. The lowest BCUT2D eigenvalue weighted by Crippen LogP contribution is -2.40. The van der Waals surface area contributed by atoms with Crippen LogP contribution in [0.25, 0.3) is 0 Å². The molecular formula is C19H33IN4O2. The number of hydrogen-bond donors (Lipinski definition) is 2. The predicted molar refractivity (Wildman–Crippen MR) is 118 cm³/mol. The molecule has 0 unspecified atom stereocenters. The van der Waals surface area contributed by atoms with Gasteiger partial charge in [0.05, 0.1) is 0 Å². The SMILES string of the molecule is CCNC(=NCC(C)(C)CN(C)C)NCCc1ccc2c(c1)OCO2.I. The van der Waals surface area contributed by atoms with Gasteiger partial charge in [0.2, 0.25) is 6.79 Å². The van der Waals surface area contributed by atoms with Gasteiger partial charge >= 0.3 is 0 Å². The van der Waals surface area contributed by atoms with Gasteiger partial charge in [-0.15, -0.1) is 24.0 Å². The fourth-order valence-corrected chi connectivity index (χ4v) is 2.96. The normalized spacial score (nSPS) is 13.5. The summed E-state index contributed by atoms with van der Waals surface area (Å²) in [4.78, 5) is 6.95. The van der Waals surface area contributed by atoms with E-state index in [4.69, 9.17) is 14.5 Å². The fraction of sp³-hybridized carbons (Fsp3) is 0.632. The molecule has 6 nitrogen and oxygen atoms in total. The number of benzene rings is 1. The number of nitrogens with zero attached hydrogens (tertiary/aromatic N) is 2. The van der Waals surface area contributed by atoms with E-state index >= 15 is 0 Å². The second kappa shape index (κ2) is 10.8. The second-order valence-corrected chi connectivity index (χ2v) is 7.46. The minimum absolute atomic E-state index is 0. The van der Waals surface area contributed by atoms with Crippen LogP contribution in [-0.2, 0) is 6.42 Å². The number of guanidine groups is 1. The molecule has 0 saturated heterocycles. The Balaban J connectivity index is 0.00000338. The van der Waals surface area contributed by atoms with Gasteiger partial charge in [0.25, 0.3) is 0 Å². The smallest absolute Gasteiger partial charge is 0.231 e. The van der Waals surface area contributed by atoms with Crippen molar-refractivity contribution in [3.8, 4) is 11.5 Å². The number of aliphatic imine (C=N–C) groups is 1. The summed E-state index contributed by atoms with van der Waals surface area (Å²) in [6.07, 6.45) is 0.905. The summed E-state index contributed by atoms with van der Waals surface area (Å²) in [5, 5.41) is 6.73. The van der Waals surface area contributed by atoms with Crippen molar-refractivity contribution in [1.29, 1.82) is 0 Å². The molecule has 0 spiro atoms. The number of hydrogen-bond acceptors (Lipinski definition) is 4. The third-order valence-corrected chi connectivity index (χ3v) is 3.90. The molecule has 1 aliphatic heterocycles. The molecule has 26 heavy (non-hydrogen) atoms. The standard InChI is InChI=1S/C19H32N4O2.HI/c1-6-20-18(22-12-19(2,3)13-23(4)5)21-10-9-15-7-8-16-17(11-15)25-14-24-16;/h7-8,11H,6,9-10,12-14H2,1-5H3,(H2,20,21,22);1H. The molecule has 1 aromatic carbocycles. The molecule has 2 rings (SSSR count). The number of nitrogens with one attached hydrogen (secondary N) is 2. The molecule has 0 atom stereocenters. The topological polar surface area (TPSA) is 58.1 Å². The van der Waals surface area contributed by atoms with Gasteiger partial charge in [-0.1, -0.05) is 19.9 Å². The Hall–Kier alpha value is -1.22. The summed E-state index contributed by atoms with van der Waals surface area (Å²) >= 11 is 0. The third kappa shape index (κ3) is 7.57. The monoisotopic (exact) mass is 476 g/mol. The Morgan fingerprint density at radius 2 is 1.92 bits per heavy atom. The Kier molecular flexibility index (Phi) is 9.49. The first-order valence-corrected chi connectivity index (χ1v) is 8.95. The highest BCUT2D eigenvalue weighted by Crippen LogP contribution is 2.32. The van der Waals surface area contributed by atoms with Crippen LogP contribution in [0.4, 0.5) is 0 Å². The molecule has 7 heteroatoms. The Morgan fingerprint density at radius 1 is 1.19 bits per heavy atom. The van der Waals surface area contributed by atoms with Gasteiger partial charge in [-0.05, 0) is 50.6 Å². The molecule has 1 aliphatic rings. The van der Waals surface area contributed by atoms with Gasteiger partial charge in [0.1, 0.15) is 0 Å². The number of halogens is 1. The predicted octanol–water partition coefficient (Wildman–Crippen LogP) is 2.72. The molecule has 0 amide bonds. The largest absolute Gasteiger partial charge is 0.454 e. The molecule has 0 fully saturated rings. The van der Waals surface area contributed by atoms with Crippen LogP contribution in [0.1, 0.15) is 26.3 Å². The van der Waals surface area contributed by atoms with Crippen molar-refractivity contribution < 1.29 is 9.47 Å². The molecule has 0 radical (unpaired) electrons. The maximum absolute atomic E-state index is 5.43. The molecule has 1 heterocycles. The van der Waals surface area contributed by atoms with Gasteiger partial charge < -0.3 is 25.0 Å². The van der Waals surface area contributed by atoms with Crippen molar-refractivity contribution in [3.05, 3.63) is 23.8 Å². The van der Waals surface area contributed by atoms with E-state index in [1.165, 1.54) is 5.56 Å². The van der Waals surface area contributed by atoms with Crippen LogP contribution < -0.4 is 20.1 Å². The highest BCUT2D eigenvalue weighted by molar-refractivity contribution is 14.0. The lowest BCUT2D eigenvalue weighted by Gasteiger charge is -2.26. The zero-order chi connectivity index (χ0) is 18.3. The zero-order valence-corrected chi connectivity index (χ0v) is 18.9. The Labute approximate surface area is 174 Å². The lowest BCUT2D eigenvalue weighted by atomic mass is 9.93. The molecule has 2 N–H and O–H groups in total. The van der Waals surface area contributed by atoms with E-state index in [9.17, 15) is 0 Å². The highest BCUT2D eigenvalue weighted by Gasteiger charge is 2.18. The second-order valence-electron chi connectivity index (χ2n) is 7.46. The van der Waals surface area contributed by atoms with E-state index in [1.54, 1.807) is 0 Å². The van der Waals surface area contributed by atoms with Crippen LogP contribution in [0.2, 0.25) is 0 Å². The quantitative estimate of drug-likeness (QED) is 0.344. The molecule has 0 aromatic heterocycles. The average Bonchev–Trinajstić information content (AvgIpc) is 2.99. The Bertz CT molecular complexity index is 591.